The summed E-state index contributed by atoms with van der Waals surface area (Å²) in [5, 5.41) is 7.58. The van der Waals surface area contributed by atoms with Crippen molar-refractivity contribution in [3.8, 4) is 11.5 Å². The smallest absolute Gasteiger partial charge is 0.244 e. The fourth-order valence-electron chi connectivity index (χ4n) is 3.23. The molecule has 6 heteroatoms. The first-order chi connectivity index (χ1) is 14.5. The van der Waals surface area contributed by atoms with Crippen LogP contribution in [0, 0.1) is 13.8 Å². The van der Waals surface area contributed by atoms with Gasteiger partial charge in [0.25, 0.3) is 0 Å². The van der Waals surface area contributed by atoms with Crippen molar-refractivity contribution in [1.82, 2.24) is 15.1 Å². The molecule has 1 amide bonds. The summed E-state index contributed by atoms with van der Waals surface area (Å²) in [6.45, 7) is 5.13. The molecule has 0 aliphatic rings. The Balaban J connectivity index is 1.64. The van der Waals surface area contributed by atoms with Crippen LogP contribution in [0.25, 0.3) is 6.08 Å². The summed E-state index contributed by atoms with van der Waals surface area (Å²) in [6.07, 6.45) is 3.24. The maximum absolute atomic E-state index is 12.3. The van der Waals surface area contributed by atoms with Crippen LogP contribution < -0.4 is 14.8 Å². The molecule has 0 aliphatic carbocycles. The molecule has 0 atom stereocenters. The molecule has 0 fully saturated rings. The van der Waals surface area contributed by atoms with Crippen LogP contribution in [-0.2, 0) is 17.9 Å². The quantitative estimate of drug-likeness (QED) is 0.578. The number of methoxy groups -OCH3 is 2. The van der Waals surface area contributed by atoms with E-state index in [-0.39, 0.29) is 5.91 Å². The van der Waals surface area contributed by atoms with E-state index in [0.29, 0.717) is 24.6 Å². The van der Waals surface area contributed by atoms with Crippen molar-refractivity contribution in [2.24, 2.45) is 0 Å². The van der Waals surface area contributed by atoms with Gasteiger partial charge in [0.2, 0.25) is 5.91 Å². The van der Waals surface area contributed by atoms with E-state index in [4.69, 9.17) is 9.47 Å². The van der Waals surface area contributed by atoms with Crippen LogP contribution in [0.2, 0.25) is 0 Å². The van der Waals surface area contributed by atoms with Crippen molar-refractivity contribution in [1.29, 1.82) is 0 Å². The zero-order valence-corrected chi connectivity index (χ0v) is 17.8. The lowest BCUT2D eigenvalue weighted by Gasteiger charge is -2.07. The minimum Gasteiger partial charge on any atom is -0.497 e. The summed E-state index contributed by atoms with van der Waals surface area (Å²) in [5.74, 6) is 1.17. The van der Waals surface area contributed by atoms with Gasteiger partial charge in [-0.25, -0.2) is 0 Å². The van der Waals surface area contributed by atoms with E-state index in [9.17, 15) is 4.79 Å². The molecule has 1 aromatic heterocycles. The van der Waals surface area contributed by atoms with Gasteiger partial charge in [-0.1, -0.05) is 30.3 Å². The van der Waals surface area contributed by atoms with Gasteiger partial charge in [0.05, 0.1) is 26.5 Å². The summed E-state index contributed by atoms with van der Waals surface area (Å²) in [6, 6.07) is 15.7. The molecule has 0 bridgehead atoms. The Morgan fingerprint density at radius 1 is 1.07 bits per heavy atom. The second-order valence-corrected chi connectivity index (χ2v) is 6.99. The van der Waals surface area contributed by atoms with Crippen molar-refractivity contribution in [2.75, 3.05) is 14.2 Å². The average molecular weight is 405 g/mol. The van der Waals surface area contributed by atoms with E-state index < -0.39 is 0 Å². The first-order valence-electron chi connectivity index (χ1n) is 9.76. The molecule has 0 aliphatic heterocycles. The number of ether oxygens (including phenoxy) is 2. The Morgan fingerprint density at radius 3 is 2.37 bits per heavy atom. The lowest BCUT2D eigenvalue weighted by Crippen LogP contribution is -2.21. The standard InChI is InChI=1S/C24H27N3O3/c1-17-23(18(2)27(26-17)16-19-8-6-5-7-9-19)15-25-24(28)11-10-20-12-21(29-3)14-22(13-20)30-4/h5-14H,15-16H2,1-4H3,(H,25,28)/b11-10+. The zero-order chi connectivity index (χ0) is 21.5. The summed E-state index contributed by atoms with van der Waals surface area (Å²) < 4.78 is 12.5. The number of aromatic nitrogens is 2. The van der Waals surface area contributed by atoms with E-state index in [0.717, 1.165) is 22.5 Å². The molecule has 156 valence electrons. The van der Waals surface area contributed by atoms with Gasteiger partial charge in [-0.3, -0.25) is 9.48 Å². The van der Waals surface area contributed by atoms with Crippen LogP contribution in [-0.4, -0.2) is 29.9 Å². The van der Waals surface area contributed by atoms with Crippen molar-refractivity contribution >= 4 is 12.0 Å². The predicted molar refractivity (Wildman–Crippen MR) is 118 cm³/mol. The molecular weight excluding hydrogens is 378 g/mol. The number of benzene rings is 2. The monoisotopic (exact) mass is 405 g/mol. The number of carbonyl (C=O) groups excluding carboxylic acids is 1. The van der Waals surface area contributed by atoms with Crippen LogP contribution >= 0.6 is 0 Å². The van der Waals surface area contributed by atoms with Crippen LogP contribution in [0.1, 0.15) is 28.1 Å². The van der Waals surface area contributed by atoms with Crippen molar-refractivity contribution in [3.05, 3.63) is 82.7 Å². The number of rotatable bonds is 8. The summed E-state index contributed by atoms with van der Waals surface area (Å²) >= 11 is 0. The molecule has 6 nitrogen and oxygen atoms in total. The highest BCUT2D eigenvalue weighted by Gasteiger charge is 2.12. The third-order valence-corrected chi connectivity index (χ3v) is 4.95. The Bertz CT molecular complexity index is 1020. The highest BCUT2D eigenvalue weighted by Crippen LogP contribution is 2.23. The van der Waals surface area contributed by atoms with Gasteiger partial charge in [-0.15, -0.1) is 0 Å². The Kier molecular flexibility index (Phi) is 6.91. The highest BCUT2D eigenvalue weighted by molar-refractivity contribution is 5.91. The van der Waals surface area contributed by atoms with E-state index in [2.05, 4.69) is 22.5 Å². The predicted octanol–water partition coefficient (Wildman–Crippen LogP) is 3.90. The second-order valence-electron chi connectivity index (χ2n) is 6.99. The third-order valence-electron chi connectivity index (χ3n) is 4.95. The van der Waals surface area contributed by atoms with Gasteiger partial charge in [-0.2, -0.15) is 5.10 Å². The summed E-state index contributed by atoms with van der Waals surface area (Å²) in [5.41, 5.74) is 5.03. The van der Waals surface area contributed by atoms with E-state index in [1.807, 2.05) is 48.9 Å². The first-order valence-corrected chi connectivity index (χ1v) is 9.76. The molecule has 3 aromatic rings. The van der Waals surface area contributed by atoms with Gasteiger partial charge in [0.15, 0.2) is 0 Å². The number of amides is 1. The van der Waals surface area contributed by atoms with Gasteiger partial charge in [0.1, 0.15) is 11.5 Å². The molecule has 0 saturated heterocycles. The number of hydrogen-bond acceptors (Lipinski definition) is 4. The molecule has 0 spiro atoms. The zero-order valence-electron chi connectivity index (χ0n) is 17.8. The fraction of sp³-hybridized carbons (Fsp3) is 0.250. The van der Waals surface area contributed by atoms with Crippen molar-refractivity contribution < 1.29 is 14.3 Å². The van der Waals surface area contributed by atoms with E-state index >= 15 is 0 Å². The molecular formula is C24H27N3O3. The van der Waals surface area contributed by atoms with Crippen LogP contribution in [0.15, 0.2) is 54.6 Å². The number of carbonyl (C=O) groups is 1. The van der Waals surface area contributed by atoms with Gasteiger partial charge >= 0.3 is 0 Å². The minimum atomic E-state index is -0.175. The molecule has 30 heavy (non-hydrogen) atoms. The van der Waals surface area contributed by atoms with Crippen molar-refractivity contribution in [2.45, 2.75) is 26.9 Å². The largest absolute Gasteiger partial charge is 0.497 e. The van der Waals surface area contributed by atoms with Gasteiger partial charge in [-0.05, 0) is 43.2 Å². The maximum atomic E-state index is 12.3. The minimum absolute atomic E-state index is 0.175. The molecule has 0 unspecified atom stereocenters. The fourth-order valence-corrected chi connectivity index (χ4v) is 3.23. The molecule has 1 N–H and O–H groups in total. The Hall–Kier alpha value is -3.54. The SMILES string of the molecule is COc1cc(/C=C/C(=O)NCc2c(C)nn(Cc3ccccc3)c2C)cc(OC)c1. The Labute approximate surface area is 177 Å². The van der Waals surface area contributed by atoms with Crippen molar-refractivity contribution in [3.63, 3.8) is 0 Å². The first kappa shape index (κ1) is 21.2. The topological polar surface area (TPSA) is 65.4 Å². The third kappa shape index (κ3) is 5.29. The molecule has 1 heterocycles. The molecule has 0 radical (unpaired) electrons. The lowest BCUT2D eigenvalue weighted by molar-refractivity contribution is -0.116. The highest BCUT2D eigenvalue weighted by atomic mass is 16.5. The van der Waals surface area contributed by atoms with Crippen LogP contribution in [0.3, 0.4) is 0 Å². The molecule has 0 saturated carbocycles. The molecule has 2 aromatic carbocycles. The number of nitrogens with zero attached hydrogens (tertiary/aromatic N) is 2. The lowest BCUT2D eigenvalue weighted by atomic mass is 10.1. The number of hydrogen-bond donors (Lipinski definition) is 1. The molecule has 3 rings (SSSR count). The normalized spacial score (nSPS) is 10.9. The van der Waals surface area contributed by atoms with Gasteiger partial charge in [0, 0.05) is 29.9 Å². The van der Waals surface area contributed by atoms with E-state index in [1.54, 1.807) is 26.4 Å². The second kappa shape index (κ2) is 9.78. The number of aryl methyl sites for hydroxylation is 1. The number of nitrogens with one attached hydrogen (secondary N) is 1. The summed E-state index contributed by atoms with van der Waals surface area (Å²) in [7, 11) is 3.19. The average Bonchev–Trinajstić information content (AvgIpc) is 3.03. The van der Waals surface area contributed by atoms with Crippen LogP contribution in [0.5, 0.6) is 11.5 Å². The van der Waals surface area contributed by atoms with Gasteiger partial charge < -0.3 is 14.8 Å². The van der Waals surface area contributed by atoms with Crippen LogP contribution in [0.4, 0.5) is 0 Å². The Morgan fingerprint density at radius 2 is 1.73 bits per heavy atom. The summed E-state index contributed by atoms with van der Waals surface area (Å²) in [4.78, 5) is 12.3. The maximum Gasteiger partial charge on any atom is 0.244 e. The van der Waals surface area contributed by atoms with E-state index in [1.165, 1.54) is 11.6 Å².